The van der Waals surface area contributed by atoms with Crippen molar-refractivity contribution < 1.29 is 14.3 Å². The Balaban J connectivity index is 0.000000505. The third-order valence-electron chi connectivity index (χ3n) is 6.06. The fourth-order valence-electron chi connectivity index (χ4n) is 3.88. The molecule has 0 saturated heterocycles. The van der Waals surface area contributed by atoms with Gasteiger partial charge in [0.25, 0.3) is 0 Å². The summed E-state index contributed by atoms with van der Waals surface area (Å²) in [6, 6.07) is 24.7. The summed E-state index contributed by atoms with van der Waals surface area (Å²) < 4.78 is 10.6. The van der Waals surface area contributed by atoms with Gasteiger partial charge >= 0.3 is 5.97 Å². The molecule has 2 heterocycles. The number of esters is 1. The van der Waals surface area contributed by atoms with E-state index in [1.807, 2.05) is 30.3 Å². The third-order valence-corrected chi connectivity index (χ3v) is 6.06. The molecule has 8 nitrogen and oxygen atoms in total. The van der Waals surface area contributed by atoms with Crippen LogP contribution >= 0.6 is 0 Å². The molecule has 1 aliphatic rings. The van der Waals surface area contributed by atoms with Crippen molar-refractivity contribution in [3.63, 3.8) is 0 Å². The van der Waals surface area contributed by atoms with Crippen molar-refractivity contribution in [1.82, 2.24) is 21.5 Å². The number of ether oxygens (including phenoxy) is 2. The molecule has 0 spiro atoms. The van der Waals surface area contributed by atoms with E-state index in [9.17, 15) is 4.79 Å². The molecule has 0 fully saturated rings. The summed E-state index contributed by atoms with van der Waals surface area (Å²) >= 11 is 0. The van der Waals surface area contributed by atoms with E-state index in [4.69, 9.17) is 9.72 Å². The molecule has 2 aromatic carbocycles. The van der Waals surface area contributed by atoms with E-state index in [1.165, 1.54) is 0 Å². The van der Waals surface area contributed by atoms with Gasteiger partial charge < -0.3 is 9.47 Å². The molecular weight excluding hydrogens is 478 g/mol. The highest BCUT2D eigenvalue weighted by Gasteiger charge is 2.26. The lowest BCUT2D eigenvalue weighted by atomic mass is 9.86. The van der Waals surface area contributed by atoms with Gasteiger partial charge in [-0.05, 0) is 43.4 Å². The largest absolute Gasteiger partial charge is 0.478 e. The molecule has 0 amide bonds. The minimum atomic E-state index is -0.123. The molecule has 4 rings (SSSR count). The number of hydrogen-bond donors (Lipinski definition) is 3. The zero-order valence-electron chi connectivity index (χ0n) is 22.8. The lowest BCUT2D eigenvalue weighted by Gasteiger charge is -2.23. The average molecular weight is 518 g/mol. The number of hydrazine groups is 2. The van der Waals surface area contributed by atoms with Crippen molar-refractivity contribution in [2.75, 3.05) is 13.2 Å². The number of pyridine rings is 1. The second kappa shape index (κ2) is 14.7. The standard InChI is InChI=1S/C25H29N5O.C5H10O2/c1-25(2,24-27-29-30-28-24)15-9-10-16-31-23-18-21(19-11-5-3-6-12-19)17-22(26-23)20-13-7-4-8-14-20;1-3-5(6)7-4-2/h3-8,11-14,17-18,29-30H,9-10,15-16H2,1-2H3,(H,27,28);3-4H2,1-2H3. The predicted octanol–water partition coefficient (Wildman–Crippen LogP) is 5.88. The van der Waals surface area contributed by atoms with E-state index in [-0.39, 0.29) is 11.4 Å². The second-order valence-corrected chi connectivity index (χ2v) is 9.48. The summed E-state index contributed by atoms with van der Waals surface area (Å²) in [6.07, 6.45) is 3.49. The molecule has 1 aliphatic heterocycles. The van der Waals surface area contributed by atoms with Gasteiger partial charge in [-0.15, -0.1) is 10.6 Å². The predicted molar refractivity (Wildman–Crippen MR) is 152 cm³/mol. The zero-order valence-corrected chi connectivity index (χ0v) is 22.8. The number of hydrazone groups is 1. The number of benzene rings is 2. The average Bonchev–Trinajstić information content (AvgIpc) is 3.51. The van der Waals surface area contributed by atoms with E-state index in [0.717, 1.165) is 47.5 Å². The van der Waals surface area contributed by atoms with E-state index in [1.54, 1.807) is 13.8 Å². The van der Waals surface area contributed by atoms with Gasteiger partial charge in [0.05, 0.1) is 18.9 Å². The number of carbonyl (C=O) groups excluding carboxylic acids is 1. The zero-order chi connectivity index (χ0) is 27.2. The Labute approximate surface area is 225 Å². The van der Waals surface area contributed by atoms with Gasteiger partial charge in [-0.2, -0.15) is 0 Å². The molecule has 0 radical (unpaired) electrons. The molecule has 38 heavy (non-hydrogen) atoms. The molecule has 1 aromatic heterocycles. The summed E-state index contributed by atoms with van der Waals surface area (Å²) in [4.78, 5) is 15.0. The molecule has 202 valence electrons. The van der Waals surface area contributed by atoms with Crippen molar-refractivity contribution >= 4 is 11.8 Å². The van der Waals surface area contributed by atoms with Gasteiger partial charge in [-0.1, -0.05) is 81.4 Å². The number of aromatic nitrogens is 1. The molecular formula is C30H39N5O3. The first-order valence-electron chi connectivity index (χ1n) is 13.2. The van der Waals surface area contributed by atoms with Crippen molar-refractivity contribution in [2.45, 2.75) is 53.4 Å². The van der Waals surface area contributed by atoms with Crippen molar-refractivity contribution in [3.05, 3.63) is 72.8 Å². The summed E-state index contributed by atoms with van der Waals surface area (Å²) in [5.74, 6) is 1.47. The van der Waals surface area contributed by atoms with E-state index < -0.39 is 0 Å². The second-order valence-electron chi connectivity index (χ2n) is 9.48. The van der Waals surface area contributed by atoms with Crippen LogP contribution < -0.4 is 21.2 Å². The van der Waals surface area contributed by atoms with Crippen LogP contribution in [0.25, 0.3) is 22.4 Å². The van der Waals surface area contributed by atoms with E-state index in [2.05, 4.69) is 82.6 Å². The van der Waals surface area contributed by atoms with Crippen LogP contribution in [-0.2, 0) is 9.53 Å². The summed E-state index contributed by atoms with van der Waals surface area (Å²) in [6.45, 7) is 9.07. The fraction of sp³-hybridized carbons (Fsp3) is 0.367. The highest BCUT2D eigenvalue weighted by Crippen LogP contribution is 2.29. The van der Waals surface area contributed by atoms with Crippen LogP contribution in [0.3, 0.4) is 0 Å². The molecule has 0 saturated carbocycles. The quantitative estimate of drug-likeness (QED) is 0.216. The van der Waals surface area contributed by atoms with Gasteiger partial charge in [0.15, 0.2) is 0 Å². The number of nitrogens with one attached hydrogen (secondary N) is 3. The van der Waals surface area contributed by atoms with Crippen LogP contribution in [0, 0.1) is 5.41 Å². The summed E-state index contributed by atoms with van der Waals surface area (Å²) in [5.41, 5.74) is 12.8. The summed E-state index contributed by atoms with van der Waals surface area (Å²) in [5, 5.41) is 4.23. The highest BCUT2D eigenvalue weighted by molar-refractivity contribution is 5.87. The minimum absolute atomic E-state index is 0.0253. The molecule has 0 bridgehead atoms. The van der Waals surface area contributed by atoms with Crippen LogP contribution in [0.1, 0.15) is 53.4 Å². The molecule has 3 N–H and O–H groups in total. The molecule has 0 aliphatic carbocycles. The Morgan fingerprint density at radius 3 is 2.16 bits per heavy atom. The Bertz CT molecular complexity index is 1110. The maximum Gasteiger partial charge on any atom is 0.305 e. The topological polar surface area (TPSA) is 96.9 Å². The first-order valence-corrected chi connectivity index (χ1v) is 13.2. The van der Waals surface area contributed by atoms with Crippen LogP contribution in [0.15, 0.2) is 77.9 Å². The smallest absolute Gasteiger partial charge is 0.305 e. The maximum atomic E-state index is 10.2. The van der Waals surface area contributed by atoms with Crippen LogP contribution in [0.4, 0.5) is 0 Å². The number of carbonyl (C=O) groups is 1. The number of nitrogens with zero attached hydrogens (tertiary/aromatic N) is 2. The van der Waals surface area contributed by atoms with Crippen molar-refractivity contribution in [2.24, 2.45) is 10.5 Å². The maximum absolute atomic E-state index is 10.2. The lowest BCUT2D eigenvalue weighted by molar-refractivity contribution is -0.142. The Kier molecular flexibility index (Phi) is 11.1. The molecule has 0 atom stereocenters. The van der Waals surface area contributed by atoms with Gasteiger partial charge in [0.1, 0.15) is 5.84 Å². The summed E-state index contributed by atoms with van der Waals surface area (Å²) in [7, 11) is 0. The Hall–Kier alpha value is -3.91. The normalized spacial score (nSPS) is 12.4. The first-order chi connectivity index (χ1) is 18.4. The number of unbranched alkanes of at least 4 members (excludes halogenated alkanes) is 1. The fourth-order valence-corrected chi connectivity index (χ4v) is 3.88. The number of rotatable bonds is 11. The lowest BCUT2D eigenvalue weighted by Crippen LogP contribution is -2.41. The van der Waals surface area contributed by atoms with Crippen LogP contribution in [0.2, 0.25) is 0 Å². The van der Waals surface area contributed by atoms with Crippen molar-refractivity contribution in [3.8, 4) is 28.3 Å². The minimum Gasteiger partial charge on any atom is -0.478 e. The van der Waals surface area contributed by atoms with E-state index >= 15 is 0 Å². The van der Waals surface area contributed by atoms with Crippen molar-refractivity contribution in [1.29, 1.82) is 0 Å². The highest BCUT2D eigenvalue weighted by atomic mass is 16.5. The SMILES string of the molecule is CC(C)(CCCCOc1cc(-c2ccccc2)cc(-c2ccccc2)n1)C1=NNNN1.CCOC(=O)CC. The van der Waals surface area contributed by atoms with Gasteiger partial charge in [0, 0.05) is 23.5 Å². The van der Waals surface area contributed by atoms with Gasteiger partial charge in [0.2, 0.25) is 5.88 Å². The third kappa shape index (κ3) is 8.88. The molecule has 0 unspecified atom stereocenters. The van der Waals surface area contributed by atoms with Gasteiger partial charge in [-0.3, -0.25) is 10.2 Å². The molecule has 8 heteroatoms. The van der Waals surface area contributed by atoms with Crippen LogP contribution in [0.5, 0.6) is 5.88 Å². The Morgan fingerprint density at radius 1 is 0.895 bits per heavy atom. The van der Waals surface area contributed by atoms with E-state index in [0.29, 0.717) is 25.5 Å². The Morgan fingerprint density at radius 2 is 1.58 bits per heavy atom. The number of hydrogen-bond acceptors (Lipinski definition) is 8. The first kappa shape index (κ1) is 28.7. The van der Waals surface area contributed by atoms with Gasteiger partial charge in [-0.25, -0.2) is 10.5 Å². The number of amidine groups is 1. The van der Waals surface area contributed by atoms with Crippen LogP contribution in [-0.4, -0.2) is 30.0 Å². The monoisotopic (exact) mass is 517 g/mol. The molecule has 3 aromatic rings.